The van der Waals surface area contributed by atoms with Crippen LogP contribution in [0.5, 0.6) is 0 Å². The van der Waals surface area contributed by atoms with Gasteiger partial charge in [0.05, 0.1) is 13.1 Å². The van der Waals surface area contributed by atoms with E-state index in [1.165, 1.54) is 0 Å². The van der Waals surface area contributed by atoms with E-state index in [1.807, 2.05) is 0 Å². The van der Waals surface area contributed by atoms with E-state index in [2.05, 4.69) is 92.5 Å². The molecule has 0 spiro atoms. The van der Waals surface area contributed by atoms with Crippen LogP contribution in [-0.2, 0) is 0 Å². The molecule has 0 bridgehead atoms. The van der Waals surface area contributed by atoms with Gasteiger partial charge in [0.15, 0.2) is 0 Å². The van der Waals surface area contributed by atoms with Crippen molar-refractivity contribution in [3.8, 4) is 11.8 Å². The molecule has 0 amide bonds. The van der Waals surface area contributed by atoms with Gasteiger partial charge in [0.2, 0.25) is 0 Å². The van der Waals surface area contributed by atoms with Gasteiger partial charge in [0.25, 0.3) is 0 Å². The number of nitrogens with zero attached hydrogens (tertiary/aromatic N) is 2. The molecule has 0 aliphatic rings. The topological polar surface area (TPSA) is 6.48 Å². The van der Waals surface area contributed by atoms with Gasteiger partial charge >= 0.3 is 0 Å². The minimum Gasteiger partial charge on any atom is -0.287 e. The summed E-state index contributed by atoms with van der Waals surface area (Å²) in [5.41, 5.74) is 0. The van der Waals surface area contributed by atoms with Crippen LogP contribution < -0.4 is 0 Å². The first kappa shape index (κ1) is 21.9. The Balaban J connectivity index is 0. The molecule has 0 aliphatic heterocycles. The second-order valence-electron chi connectivity index (χ2n) is 6.07. The lowest BCUT2D eigenvalue weighted by Crippen LogP contribution is -2.38. The molecule has 0 heterocycles. The number of hydrogen-bond acceptors (Lipinski definition) is 2. The highest BCUT2D eigenvalue weighted by molar-refractivity contribution is 6.75. The van der Waals surface area contributed by atoms with Gasteiger partial charge in [-0.1, -0.05) is 11.8 Å². The normalized spacial score (nSPS) is 11.1. The Morgan fingerprint density at radius 3 is 0.950 bits per heavy atom. The maximum absolute atomic E-state index is 4.00. The average molecular weight is 274 g/mol. The fourth-order valence-electron chi connectivity index (χ4n) is 2.22. The van der Waals surface area contributed by atoms with Gasteiger partial charge in [-0.25, -0.2) is 0 Å². The van der Waals surface area contributed by atoms with Crippen molar-refractivity contribution in [1.29, 1.82) is 0 Å². The van der Waals surface area contributed by atoms with E-state index in [9.17, 15) is 0 Å². The zero-order chi connectivity index (χ0) is 16.3. The van der Waals surface area contributed by atoms with Crippen molar-refractivity contribution in [2.75, 3.05) is 13.1 Å². The van der Waals surface area contributed by atoms with Crippen molar-refractivity contribution < 1.29 is 0 Å². The molecule has 0 saturated heterocycles. The van der Waals surface area contributed by atoms with Crippen LogP contribution >= 0.6 is 0 Å². The first-order valence-corrected chi connectivity index (χ1v) is 7.57. The van der Waals surface area contributed by atoms with Crippen molar-refractivity contribution in [2.45, 2.75) is 79.6 Å². The van der Waals surface area contributed by atoms with E-state index < -0.39 is 0 Å². The lowest BCUT2D eigenvalue weighted by atomic mass is 9.81. The first-order valence-electron chi connectivity index (χ1n) is 7.57. The average Bonchev–Trinajstić information content (AvgIpc) is 2.34. The third-order valence-corrected chi connectivity index (χ3v) is 3.30. The standard InChI is InChI=1S/C16H32N2.B2/c1-13(2)17(14(3)4)11-9-10-12-18(15(5)6)16(7)8;1-2/h13-16H,11-12H2,1-8H3;. The third-order valence-electron chi connectivity index (χ3n) is 3.30. The monoisotopic (exact) mass is 274 g/mol. The van der Waals surface area contributed by atoms with E-state index in [-0.39, 0.29) is 0 Å². The van der Waals surface area contributed by atoms with Gasteiger partial charge in [-0.3, -0.25) is 9.80 Å². The quantitative estimate of drug-likeness (QED) is 0.542. The zero-order valence-electron chi connectivity index (χ0n) is 14.8. The smallest absolute Gasteiger partial charge is 0.0606 e. The molecule has 0 rings (SSSR count). The molecule has 0 unspecified atom stereocenters. The SMILES string of the molecule is CC(C)N(CC#CCN(C(C)C)C(C)C)C(C)C.[B][B]. The van der Waals surface area contributed by atoms with Gasteiger partial charge < -0.3 is 0 Å². The molecule has 0 aromatic carbocycles. The summed E-state index contributed by atoms with van der Waals surface area (Å²) in [6.07, 6.45) is 0. The van der Waals surface area contributed by atoms with E-state index >= 15 is 0 Å². The van der Waals surface area contributed by atoms with Crippen molar-refractivity contribution in [3.63, 3.8) is 0 Å². The number of rotatable bonds is 6. The summed E-state index contributed by atoms with van der Waals surface area (Å²) in [5, 5.41) is 0. The second kappa shape index (κ2) is 12.4. The van der Waals surface area contributed by atoms with Gasteiger partial charge in [0.1, 0.15) is 0 Å². The Hall–Kier alpha value is -0.390. The maximum atomic E-state index is 4.00. The molecule has 0 saturated carbocycles. The minimum atomic E-state index is 0.561. The van der Waals surface area contributed by atoms with Gasteiger partial charge in [-0.2, -0.15) is 0 Å². The highest BCUT2D eigenvalue weighted by atomic mass is 15.2. The Morgan fingerprint density at radius 2 is 0.800 bits per heavy atom. The number of hydrogen-bond donors (Lipinski definition) is 0. The predicted molar refractivity (Wildman–Crippen MR) is 93.2 cm³/mol. The Kier molecular flexibility index (Phi) is 13.5. The van der Waals surface area contributed by atoms with E-state index in [4.69, 9.17) is 0 Å². The molecular formula is C16H32B2N2. The van der Waals surface area contributed by atoms with E-state index in [1.54, 1.807) is 0 Å². The van der Waals surface area contributed by atoms with Gasteiger partial charge in [-0.05, 0) is 55.4 Å². The Bertz CT molecular complexity index is 236. The first-order chi connectivity index (χ1) is 9.27. The summed E-state index contributed by atoms with van der Waals surface area (Å²) >= 11 is 0. The van der Waals surface area contributed by atoms with E-state index in [0.717, 1.165) is 13.1 Å². The fraction of sp³-hybridized carbons (Fsp3) is 0.875. The summed E-state index contributed by atoms with van der Waals surface area (Å²) in [7, 11) is 8.00. The largest absolute Gasteiger partial charge is 0.287 e. The molecule has 0 aromatic heterocycles. The molecule has 0 atom stereocenters. The molecule has 4 heteroatoms. The summed E-state index contributed by atoms with van der Waals surface area (Å²) < 4.78 is 0. The van der Waals surface area contributed by atoms with E-state index in [0.29, 0.717) is 24.2 Å². The molecule has 0 aliphatic carbocycles. The molecule has 0 fully saturated rings. The van der Waals surface area contributed by atoms with Crippen LogP contribution in [0.1, 0.15) is 55.4 Å². The van der Waals surface area contributed by atoms with Crippen LogP contribution in [-0.4, -0.2) is 62.5 Å². The fourth-order valence-corrected chi connectivity index (χ4v) is 2.22. The van der Waals surface area contributed by atoms with Gasteiger partial charge in [0, 0.05) is 39.6 Å². The van der Waals surface area contributed by atoms with Crippen LogP contribution in [0.25, 0.3) is 0 Å². The van der Waals surface area contributed by atoms with Gasteiger partial charge in [-0.15, -0.1) is 0 Å². The molecule has 2 nitrogen and oxygen atoms in total. The Morgan fingerprint density at radius 1 is 0.600 bits per heavy atom. The molecular weight excluding hydrogens is 242 g/mol. The highest BCUT2D eigenvalue weighted by Gasteiger charge is 2.12. The van der Waals surface area contributed by atoms with Crippen LogP contribution in [0.4, 0.5) is 0 Å². The van der Waals surface area contributed by atoms with Crippen molar-refractivity contribution >= 4 is 15.5 Å². The minimum absolute atomic E-state index is 0.561. The molecule has 0 N–H and O–H groups in total. The Labute approximate surface area is 130 Å². The van der Waals surface area contributed by atoms with Crippen LogP contribution in [0.3, 0.4) is 0 Å². The third kappa shape index (κ3) is 9.50. The molecule has 0 aromatic rings. The summed E-state index contributed by atoms with van der Waals surface area (Å²) in [6.45, 7) is 19.6. The summed E-state index contributed by atoms with van der Waals surface area (Å²) in [6, 6.07) is 2.24. The zero-order valence-corrected chi connectivity index (χ0v) is 14.8. The van der Waals surface area contributed by atoms with Crippen molar-refractivity contribution in [2.24, 2.45) is 0 Å². The lowest BCUT2D eigenvalue weighted by molar-refractivity contribution is 0.196. The maximum Gasteiger partial charge on any atom is 0.0606 e. The van der Waals surface area contributed by atoms with Crippen molar-refractivity contribution in [1.82, 2.24) is 9.80 Å². The van der Waals surface area contributed by atoms with Crippen LogP contribution in [0, 0.1) is 11.8 Å². The summed E-state index contributed by atoms with van der Waals surface area (Å²) in [4.78, 5) is 4.84. The van der Waals surface area contributed by atoms with Crippen LogP contribution in [0.15, 0.2) is 0 Å². The predicted octanol–water partition coefficient (Wildman–Crippen LogP) is 2.47. The second-order valence-corrected chi connectivity index (χ2v) is 6.07. The summed E-state index contributed by atoms with van der Waals surface area (Å²) in [5.74, 6) is 6.65. The molecule has 4 radical (unpaired) electrons. The lowest BCUT2D eigenvalue weighted by Gasteiger charge is -2.29. The molecule has 20 heavy (non-hydrogen) atoms. The van der Waals surface area contributed by atoms with Crippen molar-refractivity contribution in [3.05, 3.63) is 0 Å². The van der Waals surface area contributed by atoms with Crippen LogP contribution in [0.2, 0.25) is 0 Å². The highest BCUT2D eigenvalue weighted by Crippen LogP contribution is 2.04. The molecule has 112 valence electrons.